The van der Waals surface area contributed by atoms with Crippen LogP contribution in [0, 0.1) is 26.0 Å². The number of oxazole rings is 3. The highest BCUT2D eigenvalue weighted by molar-refractivity contribution is 6.31. The Morgan fingerprint density at radius 1 is 0.562 bits per heavy atom. The quantitative estimate of drug-likeness (QED) is 0.0626. The van der Waals surface area contributed by atoms with Gasteiger partial charge in [-0.1, -0.05) is 48.7 Å². The number of benzene rings is 6. The SMILES string of the molecule is CCCNc1ccc(-c2nc3cc(Cl)ccc3o2)cc1N.CCCNc1ccc(-c2nc3cc(Cl)ccc3o2)cc1[N+](=O)[O-].O=[N+]([O-])c1cc(-c2nc3cc(Cl)ccc3o2)ccc1F. The largest absolute Gasteiger partial charge is 0.436 e. The van der Waals surface area contributed by atoms with Crippen LogP contribution in [0.1, 0.15) is 26.7 Å². The van der Waals surface area contributed by atoms with E-state index in [2.05, 4.69) is 32.5 Å². The lowest BCUT2D eigenvalue weighted by molar-refractivity contribution is -0.387. The number of anilines is 3. The average molecular weight is 926 g/mol. The third-order valence-electron chi connectivity index (χ3n) is 9.31. The number of nitrogen functional groups attached to an aromatic ring is 1. The lowest BCUT2D eigenvalue weighted by atomic mass is 10.1. The second-order valence-electron chi connectivity index (χ2n) is 14.0. The van der Waals surface area contributed by atoms with Crippen LogP contribution >= 0.6 is 34.8 Å². The fourth-order valence-corrected chi connectivity index (χ4v) is 6.70. The first-order valence-corrected chi connectivity index (χ1v) is 20.7. The summed E-state index contributed by atoms with van der Waals surface area (Å²) in [5.41, 5.74) is 12.9. The molecule has 0 saturated heterocycles. The van der Waals surface area contributed by atoms with E-state index in [-0.39, 0.29) is 11.6 Å². The van der Waals surface area contributed by atoms with Crippen molar-refractivity contribution in [3.05, 3.63) is 150 Å². The molecule has 3 heterocycles. The number of rotatable bonds is 11. The van der Waals surface area contributed by atoms with Crippen molar-refractivity contribution in [3.8, 4) is 34.4 Å². The molecule has 3 aromatic heterocycles. The van der Waals surface area contributed by atoms with Crippen molar-refractivity contribution >= 4 is 96.5 Å². The summed E-state index contributed by atoms with van der Waals surface area (Å²) in [5, 5.41) is 30.0. The van der Waals surface area contributed by atoms with E-state index >= 15 is 0 Å². The molecular formula is C45H36Cl3FN8O7. The van der Waals surface area contributed by atoms with Gasteiger partial charge in [-0.15, -0.1) is 0 Å². The molecule has 0 fully saturated rings. The van der Waals surface area contributed by atoms with Crippen LogP contribution in [-0.2, 0) is 0 Å². The van der Waals surface area contributed by atoms with E-state index in [1.807, 2.05) is 31.2 Å². The summed E-state index contributed by atoms with van der Waals surface area (Å²) in [4.78, 5) is 33.8. The number of nitrogens with two attached hydrogens (primary N) is 1. The number of aromatic nitrogens is 3. The minimum absolute atomic E-state index is 0.00348. The molecule has 326 valence electrons. The van der Waals surface area contributed by atoms with Crippen LogP contribution in [-0.4, -0.2) is 37.9 Å². The summed E-state index contributed by atoms with van der Waals surface area (Å²) in [5.74, 6) is 0.136. The van der Waals surface area contributed by atoms with Crippen molar-refractivity contribution in [3.63, 3.8) is 0 Å². The predicted molar refractivity (Wildman–Crippen MR) is 249 cm³/mol. The first-order valence-electron chi connectivity index (χ1n) is 19.6. The van der Waals surface area contributed by atoms with E-state index in [9.17, 15) is 24.6 Å². The molecule has 15 nitrogen and oxygen atoms in total. The number of halogens is 4. The molecular weight excluding hydrogens is 890 g/mol. The molecule has 0 unspecified atom stereocenters. The van der Waals surface area contributed by atoms with Gasteiger partial charge in [0.1, 0.15) is 22.2 Å². The Bertz CT molecular complexity index is 3160. The van der Waals surface area contributed by atoms with Crippen molar-refractivity contribution in [1.29, 1.82) is 0 Å². The zero-order valence-electron chi connectivity index (χ0n) is 33.9. The molecule has 0 bridgehead atoms. The number of nitro benzene ring substituents is 2. The summed E-state index contributed by atoms with van der Waals surface area (Å²) in [7, 11) is 0. The molecule has 6 aromatic carbocycles. The molecule has 9 rings (SSSR count). The Kier molecular flexibility index (Phi) is 13.9. The highest BCUT2D eigenvalue weighted by Gasteiger charge is 2.19. The van der Waals surface area contributed by atoms with Crippen molar-refractivity contribution in [2.45, 2.75) is 26.7 Å². The van der Waals surface area contributed by atoms with E-state index < -0.39 is 21.4 Å². The zero-order chi connectivity index (χ0) is 45.5. The molecule has 4 N–H and O–H groups in total. The zero-order valence-corrected chi connectivity index (χ0v) is 36.2. The minimum atomic E-state index is -0.905. The third kappa shape index (κ3) is 10.5. The standard InChI is InChI=1S/C16H14ClN3O3.C16H16ClN3O.C13H6ClFN2O3/c1-2-7-18-12-5-3-10(8-14(12)20(21)22)16-19-13-9-11(17)4-6-15(13)23-16;1-2-7-19-13-5-3-10(8-12(13)18)16-20-14-9-11(17)4-6-15(14)21-16;14-8-2-4-12-10(6-8)16-13(20-12)7-1-3-9(15)11(5-7)17(18)19/h3-6,8-9,18H,2,7H2,1H3;3-6,8-9,19H,2,7,18H2,1H3;1-6H. The highest BCUT2D eigenvalue weighted by atomic mass is 35.5. The van der Waals surface area contributed by atoms with Crippen LogP contribution in [0.4, 0.5) is 32.8 Å². The Hall–Kier alpha value is -7.27. The van der Waals surface area contributed by atoms with Gasteiger partial charge in [0.15, 0.2) is 16.7 Å². The van der Waals surface area contributed by atoms with Gasteiger partial charge in [-0.3, -0.25) is 20.2 Å². The maximum Gasteiger partial charge on any atom is 0.305 e. The van der Waals surface area contributed by atoms with Gasteiger partial charge in [-0.25, -0.2) is 15.0 Å². The molecule has 0 spiro atoms. The maximum atomic E-state index is 13.3. The minimum Gasteiger partial charge on any atom is -0.436 e. The number of nitrogens with one attached hydrogen (secondary N) is 2. The number of hydrogen-bond acceptors (Lipinski definition) is 13. The topological polar surface area (TPSA) is 214 Å². The maximum absolute atomic E-state index is 13.3. The molecule has 0 saturated carbocycles. The van der Waals surface area contributed by atoms with E-state index in [0.29, 0.717) is 83.7 Å². The van der Waals surface area contributed by atoms with Gasteiger partial charge in [-0.05, 0) is 110 Å². The number of hydrogen-bond donors (Lipinski definition) is 3. The molecule has 9 aromatic rings. The van der Waals surface area contributed by atoms with Gasteiger partial charge in [0.05, 0.1) is 21.2 Å². The molecule has 0 aliphatic rings. The van der Waals surface area contributed by atoms with Gasteiger partial charge in [0.2, 0.25) is 23.5 Å². The monoisotopic (exact) mass is 924 g/mol. The Labute approximate surface area is 378 Å². The molecule has 64 heavy (non-hydrogen) atoms. The molecule has 19 heteroatoms. The Balaban J connectivity index is 0.000000144. The predicted octanol–water partition coefficient (Wildman–Crippen LogP) is 13.6. The van der Waals surface area contributed by atoms with Crippen molar-refractivity contribution in [2.24, 2.45) is 0 Å². The van der Waals surface area contributed by atoms with Gasteiger partial charge in [0, 0.05) is 57.0 Å². The Morgan fingerprint density at radius 2 is 0.953 bits per heavy atom. The van der Waals surface area contributed by atoms with Crippen LogP contribution in [0.2, 0.25) is 15.1 Å². The smallest absolute Gasteiger partial charge is 0.305 e. The Morgan fingerprint density at radius 3 is 1.38 bits per heavy atom. The molecule has 0 amide bonds. The third-order valence-corrected chi connectivity index (χ3v) is 10.0. The van der Waals surface area contributed by atoms with Gasteiger partial charge < -0.3 is 29.6 Å². The van der Waals surface area contributed by atoms with E-state index in [0.717, 1.165) is 48.3 Å². The summed E-state index contributed by atoms with van der Waals surface area (Å²) in [6.45, 7) is 5.67. The lowest BCUT2D eigenvalue weighted by Gasteiger charge is -2.08. The van der Waals surface area contributed by atoms with Gasteiger partial charge in [0.25, 0.3) is 5.69 Å². The molecule has 0 radical (unpaired) electrons. The van der Waals surface area contributed by atoms with Crippen LogP contribution in [0.3, 0.4) is 0 Å². The summed E-state index contributed by atoms with van der Waals surface area (Å²) in [6.07, 6.45) is 1.93. The summed E-state index contributed by atoms with van der Waals surface area (Å²) >= 11 is 17.7. The molecule has 0 aliphatic heterocycles. The van der Waals surface area contributed by atoms with Crippen molar-refractivity contribution < 1.29 is 27.5 Å². The normalized spacial score (nSPS) is 10.9. The van der Waals surface area contributed by atoms with Crippen LogP contribution in [0.25, 0.3) is 67.7 Å². The fourth-order valence-electron chi connectivity index (χ4n) is 6.20. The van der Waals surface area contributed by atoms with Crippen LogP contribution in [0.5, 0.6) is 0 Å². The van der Waals surface area contributed by atoms with Gasteiger partial charge >= 0.3 is 5.69 Å². The van der Waals surface area contributed by atoms with Crippen molar-refractivity contribution in [2.75, 3.05) is 29.5 Å². The number of nitro groups is 2. The van der Waals surface area contributed by atoms with Crippen LogP contribution < -0.4 is 16.4 Å². The summed E-state index contributed by atoms with van der Waals surface area (Å²) in [6, 6.07) is 29.5. The first-order chi connectivity index (χ1) is 30.8. The van der Waals surface area contributed by atoms with E-state index in [1.54, 1.807) is 60.7 Å². The highest BCUT2D eigenvalue weighted by Crippen LogP contribution is 2.34. The first kappa shape index (κ1) is 44.8. The van der Waals surface area contributed by atoms with Crippen LogP contribution in [0.15, 0.2) is 122 Å². The van der Waals surface area contributed by atoms with Crippen molar-refractivity contribution in [1.82, 2.24) is 15.0 Å². The second-order valence-corrected chi connectivity index (χ2v) is 15.3. The number of nitrogens with zero attached hydrogens (tertiary/aromatic N) is 5. The van der Waals surface area contributed by atoms with Gasteiger partial charge in [-0.2, -0.15) is 4.39 Å². The average Bonchev–Trinajstić information content (AvgIpc) is 4.02. The second kappa shape index (κ2) is 19.8. The number of fused-ring (bicyclic) bond motifs is 3. The molecule has 0 aliphatic carbocycles. The summed E-state index contributed by atoms with van der Waals surface area (Å²) < 4.78 is 30.1. The van der Waals surface area contributed by atoms with E-state index in [4.69, 9.17) is 53.8 Å². The lowest BCUT2D eigenvalue weighted by Crippen LogP contribution is -2.03. The van der Waals surface area contributed by atoms with E-state index in [1.165, 1.54) is 12.1 Å². The fraction of sp³-hybridized carbons (Fsp3) is 0.133. The molecule has 0 atom stereocenters.